The highest BCUT2D eigenvalue weighted by atomic mass is 16.7. The van der Waals surface area contributed by atoms with Gasteiger partial charge >= 0.3 is 5.97 Å². The Morgan fingerprint density at radius 3 is 2.67 bits per heavy atom. The molecule has 2 N–H and O–H groups in total. The van der Waals surface area contributed by atoms with Crippen molar-refractivity contribution in [3.8, 4) is 17.2 Å². The van der Waals surface area contributed by atoms with Crippen LogP contribution in [0.4, 0.5) is 0 Å². The molecule has 0 radical (unpaired) electrons. The van der Waals surface area contributed by atoms with Crippen LogP contribution in [0.25, 0.3) is 10.8 Å². The van der Waals surface area contributed by atoms with E-state index < -0.39 is 5.97 Å². The Balaban J connectivity index is 1.37. The molecular formula is C29H29NO6. The highest BCUT2D eigenvalue weighted by Crippen LogP contribution is 2.40. The standard InChI is InChI=1S/C29H29NO6/c1-18-11-26-27(36-17-35-26)14-24(18)25(15-29(32)33)20-8-7-19-9-10-23(13-21(19)12-20)34-16-28(31)30-22-5-3-2-4-6-22/h3,5,7-14,22,25H,2,4,6,15-17H2,1H3,(H,30,31)(H,32,33). The summed E-state index contributed by atoms with van der Waals surface area (Å²) in [6.45, 7) is 2.05. The van der Waals surface area contributed by atoms with Gasteiger partial charge in [-0.25, -0.2) is 0 Å². The van der Waals surface area contributed by atoms with E-state index in [0.717, 1.165) is 46.7 Å². The largest absolute Gasteiger partial charge is 0.484 e. The fraction of sp³-hybridized carbons (Fsp3) is 0.310. The maximum Gasteiger partial charge on any atom is 0.304 e. The van der Waals surface area contributed by atoms with E-state index in [-0.39, 0.29) is 37.7 Å². The molecule has 0 fully saturated rings. The van der Waals surface area contributed by atoms with Crippen LogP contribution in [-0.2, 0) is 9.59 Å². The first-order chi connectivity index (χ1) is 17.5. The molecule has 1 amide bonds. The van der Waals surface area contributed by atoms with E-state index in [1.54, 1.807) is 0 Å². The smallest absolute Gasteiger partial charge is 0.304 e. The van der Waals surface area contributed by atoms with Gasteiger partial charge in [-0.15, -0.1) is 0 Å². The molecule has 1 aliphatic heterocycles. The average Bonchev–Trinajstić information content (AvgIpc) is 3.33. The lowest BCUT2D eigenvalue weighted by atomic mass is 9.85. The Morgan fingerprint density at radius 2 is 1.89 bits per heavy atom. The molecule has 2 unspecified atom stereocenters. The lowest BCUT2D eigenvalue weighted by Crippen LogP contribution is -2.37. The number of ether oxygens (including phenoxy) is 3. The number of carbonyl (C=O) groups is 2. The monoisotopic (exact) mass is 487 g/mol. The van der Waals surface area contributed by atoms with Gasteiger partial charge in [-0.05, 0) is 77.9 Å². The third-order valence-corrected chi connectivity index (χ3v) is 6.72. The molecule has 1 heterocycles. The number of rotatable bonds is 8. The van der Waals surface area contributed by atoms with Gasteiger partial charge in [0.05, 0.1) is 6.42 Å². The first-order valence-corrected chi connectivity index (χ1v) is 12.2. The second-order valence-corrected chi connectivity index (χ2v) is 9.30. The number of amides is 1. The molecule has 2 aliphatic rings. The summed E-state index contributed by atoms with van der Waals surface area (Å²) in [6.07, 6.45) is 7.15. The van der Waals surface area contributed by atoms with E-state index in [4.69, 9.17) is 14.2 Å². The number of aryl methyl sites for hydroxylation is 1. The molecule has 186 valence electrons. The molecule has 5 rings (SSSR count). The minimum Gasteiger partial charge on any atom is -0.484 e. The van der Waals surface area contributed by atoms with E-state index in [1.807, 2.05) is 61.5 Å². The van der Waals surface area contributed by atoms with Crippen LogP contribution < -0.4 is 19.5 Å². The normalized spacial score (nSPS) is 17.1. The highest BCUT2D eigenvalue weighted by molar-refractivity contribution is 5.85. The number of carboxylic acid groups (broad SMARTS) is 1. The first kappa shape index (κ1) is 23.7. The number of allylic oxidation sites excluding steroid dienone is 1. The van der Waals surface area contributed by atoms with Crippen LogP contribution in [-0.4, -0.2) is 36.4 Å². The maximum absolute atomic E-state index is 12.3. The van der Waals surface area contributed by atoms with E-state index in [2.05, 4.69) is 11.4 Å². The van der Waals surface area contributed by atoms with E-state index in [1.165, 1.54) is 0 Å². The summed E-state index contributed by atoms with van der Waals surface area (Å²) in [6, 6.07) is 15.5. The van der Waals surface area contributed by atoms with Crippen molar-refractivity contribution in [3.63, 3.8) is 0 Å². The summed E-state index contributed by atoms with van der Waals surface area (Å²) in [5.74, 6) is 0.496. The molecule has 7 heteroatoms. The topological polar surface area (TPSA) is 94.1 Å². The van der Waals surface area contributed by atoms with Gasteiger partial charge in [0.15, 0.2) is 18.1 Å². The van der Waals surface area contributed by atoms with Crippen molar-refractivity contribution in [1.29, 1.82) is 0 Å². The Labute approximate surface area is 209 Å². The minimum absolute atomic E-state index is 0.0576. The van der Waals surface area contributed by atoms with Gasteiger partial charge in [-0.3, -0.25) is 9.59 Å². The van der Waals surface area contributed by atoms with Gasteiger partial charge in [-0.1, -0.05) is 36.4 Å². The van der Waals surface area contributed by atoms with E-state index in [9.17, 15) is 14.7 Å². The van der Waals surface area contributed by atoms with Crippen LogP contribution in [0.2, 0.25) is 0 Å². The number of benzene rings is 3. The summed E-state index contributed by atoms with van der Waals surface area (Å²) in [5, 5.41) is 14.6. The number of hydrogen-bond acceptors (Lipinski definition) is 5. The second kappa shape index (κ2) is 10.3. The zero-order chi connectivity index (χ0) is 25.1. The number of hydrogen-bond donors (Lipinski definition) is 2. The molecule has 0 saturated carbocycles. The van der Waals surface area contributed by atoms with Crippen molar-refractivity contribution in [3.05, 3.63) is 77.4 Å². The summed E-state index contributed by atoms with van der Waals surface area (Å²) in [5.41, 5.74) is 2.72. The van der Waals surface area contributed by atoms with Crippen molar-refractivity contribution < 1.29 is 28.9 Å². The minimum atomic E-state index is -0.881. The molecule has 0 bridgehead atoms. The summed E-state index contributed by atoms with van der Waals surface area (Å²) < 4.78 is 16.8. The van der Waals surface area contributed by atoms with Gasteiger partial charge in [-0.2, -0.15) is 0 Å². The zero-order valence-electron chi connectivity index (χ0n) is 20.2. The van der Waals surface area contributed by atoms with Crippen molar-refractivity contribution in [2.75, 3.05) is 13.4 Å². The molecule has 0 aromatic heterocycles. The van der Waals surface area contributed by atoms with Crippen molar-refractivity contribution in [2.24, 2.45) is 0 Å². The van der Waals surface area contributed by atoms with Gasteiger partial charge in [0.1, 0.15) is 5.75 Å². The number of aliphatic carboxylic acids is 1. The molecule has 1 aliphatic carbocycles. The van der Waals surface area contributed by atoms with E-state index >= 15 is 0 Å². The highest BCUT2D eigenvalue weighted by Gasteiger charge is 2.24. The Hall–Kier alpha value is -4.00. The van der Waals surface area contributed by atoms with Crippen LogP contribution >= 0.6 is 0 Å². The number of fused-ring (bicyclic) bond motifs is 2. The molecule has 2 atom stereocenters. The fourth-order valence-corrected chi connectivity index (χ4v) is 4.90. The quantitative estimate of drug-likeness (QED) is 0.430. The zero-order valence-corrected chi connectivity index (χ0v) is 20.2. The van der Waals surface area contributed by atoms with Gasteiger partial charge in [0, 0.05) is 12.0 Å². The number of nitrogens with one attached hydrogen (secondary N) is 1. The van der Waals surface area contributed by atoms with E-state index in [0.29, 0.717) is 17.2 Å². The average molecular weight is 488 g/mol. The molecule has 0 spiro atoms. The van der Waals surface area contributed by atoms with Crippen LogP contribution in [0.3, 0.4) is 0 Å². The molecule has 3 aromatic carbocycles. The molecular weight excluding hydrogens is 458 g/mol. The van der Waals surface area contributed by atoms with Crippen LogP contribution in [0.5, 0.6) is 17.2 Å². The summed E-state index contributed by atoms with van der Waals surface area (Å²) >= 11 is 0. The Bertz CT molecular complexity index is 1330. The third kappa shape index (κ3) is 5.30. The SMILES string of the molecule is Cc1cc2c(cc1C(CC(=O)O)c1ccc3ccc(OCC(=O)NC4C=CCCC4)cc3c1)OCO2. The Morgan fingerprint density at radius 1 is 1.08 bits per heavy atom. The predicted octanol–water partition coefficient (Wildman–Crippen LogP) is 5.09. The lowest BCUT2D eigenvalue weighted by molar-refractivity contribution is -0.137. The first-order valence-electron chi connectivity index (χ1n) is 12.2. The molecule has 3 aromatic rings. The van der Waals surface area contributed by atoms with Crippen molar-refractivity contribution >= 4 is 22.6 Å². The number of carboxylic acids is 1. The van der Waals surface area contributed by atoms with Crippen molar-refractivity contribution in [2.45, 2.75) is 44.6 Å². The third-order valence-electron chi connectivity index (χ3n) is 6.72. The Kier molecular flexibility index (Phi) is 6.80. The second-order valence-electron chi connectivity index (χ2n) is 9.30. The van der Waals surface area contributed by atoms with Crippen LogP contribution in [0.15, 0.2) is 60.7 Å². The van der Waals surface area contributed by atoms with Gasteiger partial charge in [0.25, 0.3) is 5.91 Å². The molecule has 0 saturated heterocycles. The van der Waals surface area contributed by atoms with Gasteiger partial charge in [0.2, 0.25) is 6.79 Å². The summed E-state index contributed by atoms with van der Waals surface area (Å²) in [7, 11) is 0. The molecule has 36 heavy (non-hydrogen) atoms. The maximum atomic E-state index is 12.3. The fourth-order valence-electron chi connectivity index (χ4n) is 4.90. The van der Waals surface area contributed by atoms with Crippen LogP contribution in [0, 0.1) is 6.92 Å². The van der Waals surface area contributed by atoms with Crippen LogP contribution in [0.1, 0.15) is 48.3 Å². The van der Waals surface area contributed by atoms with Gasteiger partial charge < -0.3 is 24.6 Å². The van der Waals surface area contributed by atoms with Crippen molar-refractivity contribution in [1.82, 2.24) is 5.32 Å². The number of carbonyl (C=O) groups excluding carboxylic acids is 1. The predicted molar refractivity (Wildman–Crippen MR) is 136 cm³/mol. The summed E-state index contributed by atoms with van der Waals surface area (Å²) in [4.78, 5) is 24.1. The lowest BCUT2D eigenvalue weighted by Gasteiger charge is -2.20. The molecule has 7 nitrogen and oxygen atoms in total.